The van der Waals surface area contributed by atoms with Crippen molar-refractivity contribution in [3.63, 3.8) is 0 Å². The lowest BCUT2D eigenvalue weighted by atomic mass is 9.85. The van der Waals surface area contributed by atoms with Crippen LogP contribution < -0.4 is 20.2 Å². The average molecular weight is 471 g/mol. The van der Waals surface area contributed by atoms with Gasteiger partial charge in [-0.25, -0.2) is 13.4 Å². The number of rotatable bonds is 9. The molecule has 2 unspecified atom stereocenters. The van der Waals surface area contributed by atoms with Crippen molar-refractivity contribution >= 4 is 45.7 Å². The summed E-state index contributed by atoms with van der Waals surface area (Å²) in [5.74, 6) is -1.43. The van der Waals surface area contributed by atoms with E-state index in [-0.39, 0.29) is 10.6 Å². The highest BCUT2D eigenvalue weighted by Crippen LogP contribution is 2.26. The first-order valence-corrected chi connectivity index (χ1v) is 11.4. The topological polar surface area (TPSA) is 130 Å². The highest BCUT2D eigenvalue weighted by molar-refractivity contribution is 7.89. The number of sulfonamides is 1. The number of hydrogen-bond acceptors (Lipinski definition) is 6. The second-order valence-corrected chi connectivity index (χ2v) is 9.44. The molecule has 10 heteroatoms. The maximum absolute atomic E-state index is 13.1. The Morgan fingerprint density at radius 1 is 1.24 bits per heavy atom. The fraction of sp³-hybridized carbons (Fsp3) is 0.217. The molecule has 2 aromatic rings. The van der Waals surface area contributed by atoms with Gasteiger partial charge in [0.1, 0.15) is 6.04 Å². The van der Waals surface area contributed by atoms with E-state index >= 15 is 0 Å². The van der Waals surface area contributed by atoms with Gasteiger partial charge in [0.2, 0.25) is 15.7 Å². The predicted molar refractivity (Wildman–Crippen MR) is 123 cm³/mol. The first-order chi connectivity index (χ1) is 15.5. The molecule has 2 atom stereocenters. The zero-order valence-electron chi connectivity index (χ0n) is 18.2. The van der Waals surface area contributed by atoms with Crippen LogP contribution in [0.25, 0.3) is 12.2 Å². The zero-order chi connectivity index (χ0) is 24.3. The van der Waals surface area contributed by atoms with Crippen molar-refractivity contribution in [1.82, 2.24) is 4.72 Å². The SMILES string of the molecule is C=C(C)CC(C1=c2c(cccc2=C)[NH+]=C1)C(NS(=O)(=O)c1ccc([N+](=O)[O-])cc1)C(=O)OC. The molecule has 9 nitrogen and oxygen atoms in total. The third-order valence-electron chi connectivity index (χ3n) is 5.29. The van der Waals surface area contributed by atoms with Crippen molar-refractivity contribution in [2.75, 3.05) is 7.11 Å². The third kappa shape index (κ3) is 5.07. The summed E-state index contributed by atoms with van der Waals surface area (Å²) in [7, 11) is -3.05. The third-order valence-corrected chi connectivity index (χ3v) is 6.74. The lowest BCUT2D eigenvalue weighted by Gasteiger charge is -2.25. The van der Waals surface area contributed by atoms with Gasteiger partial charge in [0.25, 0.3) is 5.69 Å². The molecule has 1 heterocycles. The molecule has 0 radical (unpaired) electrons. The van der Waals surface area contributed by atoms with Crippen LogP contribution in [0.1, 0.15) is 13.3 Å². The van der Waals surface area contributed by atoms with Gasteiger partial charge in [-0.15, -0.1) is 6.58 Å². The molecule has 1 aliphatic rings. The number of fused-ring (bicyclic) bond motifs is 1. The van der Waals surface area contributed by atoms with Crippen molar-refractivity contribution in [2.24, 2.45) is 5.92 Å². The maximum Gasteiger partial charge on any atom is 0.324 e. The summed E-state index contributed by atoms with van der Waals surface area (Å²) in [5.41, 5.74) is 1.98. The number of hydrogen-bond donors (Lipinski definition) is 2. The summed E-state index contributed by atoms with van der Waals surface area (Å²) in [6.45, 7) is 9.78. The van der Waals surface area contributed by atoms with E-state index in [0.29, 0.717) is 12.0 Å². The van der Waals surface area contributed by atoms with E-state index in [1.54, 1.807) is 13.1 Å². The zero-order valence-corrected chi connectivity index (χ0v) is 19.0. The van der Waals surface area contributed by atoms with Gasteiger partial charge < -0.3 is 4.74 Å². The number of carbonyl (C=O) groups is 1. The number of allylic oxidation sites excluding steroid dienone is 1. The number of nitro benzene ring substituents is 1. The van der Waals surface area contributed by atoms with E-state index in [1.807, 2.05) is 18.2 Å². The Balaban J connectivity index is 2.10. The minimum Gasteiger partial charge on any atom is -0.468 e. The molecule has 0 saturated heterocycles. The Kier molecular flexibility index (Phi) is 6.89. The summed E-state index contributed by atoms with van der Waals surface area (Å²) in [6, 6.07) is 8.64. The van der Waals surface area contributed by atoms with Crippen LogP contribution in [0.3, 0.4) is 0 Å². The quantitative estimate of drug-likeness (QED) is 0.231. The highest BCUT2D eigenvalue weighted by atomic mass is 32.2. The largest absolute Gasteiger partial charge is 0.468 e. The van der Waals surface area contributed by atoms with Crippen molar-refractivity contribution in [1.29, 1.82) is 0 Å². The second-order valence-electron chi connectivity index (χ2n) is 7.72. The summed E-state index contributed by atoms with van der Waals surface area (Å²) in [6.07, 6.45) is 2.02. The smallest absolute Gasteiger partial charge is 0.324 e. The van der Waals surface area contributed by atoms with Gasteiger partial charge in [0, 0.05) is 29.7 Å². The van der Waals surface area contributed by atoms with Gasteiger partial charge in [0.05, 0.1) is 22.1 Å². The standard InChI is InChI=1S/C23H23N3O6S/c1-14(2)12-18(19-13-24-20-7-5-6-15(3)21(19)20)22(23(27)32-4)25-33(30,31)17-10-8-16(9-11-17)26(28)29/h5-11,13,18,22,25H,1,3,12H2,2,4H3/p+1. The summed E-state index contributed by atoms with van der Waals surface area (Å²) in [4.78, 5) is 26.0. The van der Waals surface area contributed by atoms with Crippen LogP contribution in [0.5, 0.6) is 0 Å². The van der Waals surface area contributed by atoms with Crippen molar-refractivity contribution < 1.29 is 27.9 Å². The van der Waals surface area contributed by atoms with E-state index in [2.05, 4.69) is 22.9 Å². The lowest BCUT2D eigenvalue weighted by Crippen LogP contribution is -2.61. The molecule has 1 aliphatic heterocycles. The molecule has 172 valence electrons. The monoisotopic (exact) mass is 470 g/mol. The lowest BCUT2D eigenvalue weighted by molar-refractivity contribution is -0.384. The van der Waals surface area contributed by atoms with Crippen LogP contribution in [0.4, 0.5) is 11.4 Å². The molecule has 0 aliphatic carbocycles. The van der Waals surface area contributed by atoms with Crippen LogP contribution in [0, 0.1) is 16.0 Å². The number of ether oxygens (including phenoxy) is 1. The van der Waals surface area contributed by atoms with Gasteiger partial charge >= 0.3 is 5.97 Å². The fourth-order valence-electron chi connectivity index (χ4n) is 3.77. The van der Waals surface area contributed by atoms with Crippen LogP contribution >= 0.6 is 0 Å². The molecule has 0 saturated carbocycles. The number of methoxy groups -OCH3 is 1. The van der Waals surface area contributed by atoms with Gasteiger partial charge in [-0.05, 0) is 30.7 Å². The fourth-order valence-corrected chi connectivity index (χ4v) is 4.99. The Morgan fingerprint density at radius 3 is 2.48 bits per heavy atom. The molecule has 2 aromatic carbocycles. The Hall–Kier alpha value is -3.63. The Morgan fingerprint density at radius 2 is 1.91 bits per heavy atom. The molecule has 3 rings (SSSR count). The number of nitro groups is 1. The predicted octanol–water partition coefficient (Wildman–Crippen LogP) is 0.0548. The van der Waals surface area contributed by atoms with Crippen molar-refractivity contribution in [3.8, 4) is 0 Å². The van der Waals surface area contributed by atoms with Crippen molar-refractivity contribution in [2.45, 2.75) is 24.3 Å². The Bertz CT molecular complexity index is 1360. The molecule has 0 bridgehead atoms. The van der Waals surface area contributed by atoms with E-state index < -0.39 is 32.9 Å². The van der Waals surface area contributed by atoms with Crippen molar-refractivity contribution in [3.05, 3.63) is 75.2 Å². The number of non-ortho nitro benzene ring substituents is 1. The van der Waals surface area contributed by atoms with E-state index in [1.165, 1.54) is 7.11 Å². The number of carbonyl (C=O) groups excluding carboxylic acids is 1. The van der Waals surface area contributed by atoms with Gasteiger partial charge in [0.15, 0.2) is 6.21 Å². The molecule has 0 amide bonds. The minimum absolute atomic E-state index is 0.215. The summed E-state index contributed by atoms with van der Waals surface area (Å²) < 4.78 is 33.6. The average Bonchev–Trinajstić information content (AvgIpc) is 3.21. The number of esters is 1. The van der Waals surface area contributed by atoms with Crippen LogP contribution in [0.2, 0.25) is 0 Å². The normalized spacial score (nSPS) is 14.4. The highest BCUT2D eigenvalue weighted by Gasteiger charge is 2.38. The molecule has 0 spiro atoms. The number of nitrogens with one attached hydrogen (secondary N) is 2. The second kappa shape index (κ2) is 9.47. The number of nitrogens with zero attached hydrogens (tertiary/aromatic N) is 1. The first kappa shape index (κ1) is 24.0. The van der Waals surface area contributed by atoms with E-state index in [9.17, 15) is 23.3 Å². The van der Waals surface area contributed by atoms with E-state index in [4.69, 9.17) is 4.74 Å². The molecule has 0 fully saturated rings. The summed E-state index contributed by atoms with van der Waals surface area (Å²) >= 11 is 0. The van der Waals surface area contributed by atoms with Gasteiger partial charge in [-0.3, -0.25) is 14.9 Å². The molecule has 2 N–H and O–H groups in total. The molecular formula is C23H24N3O6S+. The Labute approximate surface area is 191 Å². The number of benzene rings is 2. The van der Waals surface area contributed by atoms with Gasteiger partial charge in [-0.2, -0.15) is 4.72 Å². The molecule has 0 aromatic heterocycles. The van der Waals surface area contributed by atoms with E-state index in [0.717, 1.165) is 46.0 Å². The molecule has 33 heavy (non-hydrogen) atoms. The summed E-state index contributed by atoms with van der Waals surface area (Å²) in [5, 5.41) is 12.4. The minimum atomic E-state index is -4.22. The molecular weight excluding hydrogens is 446 g/mol. The maximum atomic E-state index is 13.1. The van der Waals surface area contributed by atoms with Gasteiger partial charge in [-0.1, -0.05) is 24.3 Å². The first-order valence-electron chi connectivity index (χ1n) is 9.96. The van der Waals surface area contributed by atoms with Crippen LogP contribution in [0.15, 0.2) is 59.5 Å². The van der Waals surface area contributed by atoms with Crippen LogP contribution in [-0.4, -0.2) is 38.7 Å². The van der Waals surface area contributed by atoms with Crippen LogP contribution in [-0.2, 0) is 19.6 Å².